The largest absolute Gasteiger partial charge is 0.493 e. The van der Waals surface area contributed by atoms with Gasteiger partial charge in [-0.1, -0.05) is 48.5 Å². The maximum atomic E-state index is 12.7. The van der Waals surface area contributed by atoms with Crippen molar-refractivity contribution < 1.29 is 33.3 Å². The van der Waals surface area contributed by atoms with Crippen LogP contribution < -0.4 is 30.3 Å². The molecule has 0 bridgehead atoms. The van der Waals surface area contributed by atoms with Crippen LogP contribution in [0.5, 0.6) is 17.2 Å². The van der Waals surface area contributed by atoms with Crippen LogP contribution in [0, 0.1) is 7.14 Å². The normalized spacial score (nSPS) is 14.4. The molecule has 0 radical (unpaired) electrons. The third kappa shape index (κ3) is 8.36. The van der Waals surface area contributed by atoms with Crippen molar-refractivity contribution in [3.05, 3.63) is 108 Å². The zero-order chi connectivity index (χ0) is 34.2. The fraction of sp³-hybridized carbons (Fsp3) is 0.200. The third-order valence-electron chi connectivity index (χ3n) is 7.33. The van der Waals surface area contributed by atoms with Crippen molar-refractivity contribution in [2.75, 3.05) is 20.3 Å². The minimum absolute atomic E-state index is 0.184. The van der Waals surface area contributed by atoms with Gasteiger partial charge in [-0.15, -0.1) is 0 Å². The highest BCUT2D eigenvalue weighted by molar-refractivity contribution is 14.1. The fourth-order valence-corrected chi connectivity index (χ4v) is 7.20. The molecule has 0 saturated heterocycles. The highest BCUT2D eigenvalue weighted by Crippen LogP contribution is 2.35. The molecule has 1 atom stereocenters. The van der Waals surface area contributed by atoms with E-state index in [4.69, 9.17) is 18.9 Å². The summed E-state index contributed by atoms with van der Waals surface area (Å²) in [6, 6.07) is 21.9. The summed E-state index contributed by atoms with van der Waals surface area (Å²) in [7, 11) is 1.45. The second kappa shape index (κ2) is 16.1. The number of hydrogen-bond acceptors (Lipinski definition) is 8. The van der Waals surface area contributed by atoms with Crippen LogP contribution in [0.3, 0.4) is 0 Å². The highest BCUT2D eigenvalue weighted by atomic mass is 127. The van der Waals surface area contributed by atoms with Crippen LogP contribution in [0.4, 0.5) is 4.79 Å². The lowest BCUT2D eigenvalue weighted by molar-refractivity contribution is -0.139. The molecule has 0 spiro atoms. The first-order valence-electron chi connectivity index (χ1n) is 14.8. The maximum absolute atomic E-state index is 12.7. The first kappa shape index (κ1) is 34.9. The van der Waals surface area contributed by atoms with Crippen LogP contribution in [0.25, 0.3) is 10.8 Å². The van der Waals surface area contributed by atoms with E-state index in [1.54, 1.807) is 38.3 Å². The molecule has 4 aromatic carbocycles. The predicted octanol–water partition coefficient (Wildman–Crippen LogP) is 6.36. The molecule has 11 nitrogen and oxygen atoms in total. The molecule has 1 aliphatic heterocycles. The molecular weight excluding hydrogens is 842 g/mol. The molecule has 248 valence electrons. The van der Waals surface area contributed by atoms with Gasteiger partial charge in [-0.2, -0.15) is 5.10 Å². The van der Waals surface area contributed by atoms with Crippen LogP contribution >= 0.6 is 45.2 Å². The number of esters is 1. The van der Waals surface area contributed by atoms with E-state index in [1.807, 2.05) is 36.4 Å². The van der Waals surface area contributed by atoms with Gasteiger partial charge in [0.1, 0.15) is 12.4 Å². The van der Waals surface area contributed by atoms with Gasteiger partial charge >= 0.3 is 12.0 Å². The Kier molecular flexibility index (Phi) is 11.8. The number of fused-ring (bicyclic) bond motifs is 1. The van der Waals surface area contributed by atoms with Crippen molar-refractivity contribution in [1.29, 1.82) is 0 Å². The second-order valence-corrected chi connectivity index (χ2v) is 12.9. The average molecular weight is 874 g/mol. The van der Waals surface area contributed by atoms with Crippen molar-refractivity contribution in [2.45, 2.75) is 26.5 Å². The van der Waals surface area contributed by atoms with E-state index in [0.29, 0.717) is 34.9 Å². The van der Waals surface area contributed by atoms with E-state index >= 15 is 0 Å². The van der Waals surface area contributed by atoms with E-state index < -0.39 is 23.9 Å². The van der Waals surface area contributed by atoms with Gasteiger partial charge in [0.15, 0.2) is 18.1 Å². The molecule has 3 N–H and O–H groups in total. The molecule has 0 aliphatic carbocycles. The quantitative estimate of drug-likeness (QED) is 0.0653. The minimum Gasteiger partial charge on any atom is -0.493 e. The summed E-state index contributed by atoms with van der Waals surface area (Å²) in [5, 5.41) is 11.8. The molecule has 1 heterocycles. The number of urea groups is 1. The number of ether oxygens (including phenoxy) is 4. The molecule has 13 heteroatoms. The van der Waals surface area contributed by atoms with Crippen LogP contribution in [0.2, 0.25) is 0 Å². The topological polar surface area (TPSA) is 137 Å². The summed E-state index contributed by atoms with van der Waals surface area (Å²) in [5.41, 5.74) is 5.50. The predicted molar refractivity (Wildman–Crippen MR) is 198 cm³/mol. The number of carbonyl (C=O) groups is 3. The van der Waals surface area contributed by atoms with Gasteiger partial charge in [0, 0.05) is 14.8 Å². The Balaban J connectivity index is 1.24. The van der Waals surface area contributed by atoms with Gasteiger partial charge in [-0.3, -0.25) is 4.79 Å². The van der Waals surface area contributed by atoms with Gasteiger partial charge in [0.05, 0.1) is 35.1 Å². The molecule has 5 rings (SSSR count). The third-order valence-corrected chi connectivity index (χ3v) is 8.75. The summed E-state index contributed by atoms with van der Waals surface area (Å²) in [5.74, 6) is 0.204. The van der Waals surface area contributed by atoms with Crippen molar-refractivity contribution in [1.82, 2.24) is 16.1 Å². The molecule has 3 amide bonds. The van der Waals surface area contributed by atoms with Crippen molar-refractivity contribution >= 4 is 80.1 Å². The molecule has 0 fully saturated rings. The number of allylic oxidation sites excluding steroid dienone is 1. The number of nitrogens with zero attached hydrogens (tertiary/aromatic N) is 1. The lowest BCUT2D eigenvalue weighted by Crippen LogP contribution is -2.45. The number of halogens is 2. The summed E-state index contributed by atoms with van der Waals surface area (Å²) in [4.78, 5) is 37.6. The number of methoxy groups -OCH3 is 1. The zero-order valence-corrected chi connectivity index (χ0v) is 30.6. The highest BCUT2D eigenvalue weighted by Gasteiger charge is 2.32. The van der Waals surface area contributed by atoms with Crippen LogP contribution in [0.1, 0.15) is 36.6 Å². The first-order chi connectivity index (χ1) is 23.2. The number of benzene rings is 4. The lowest BCUT2D eigenvalue weighted by Gasteiger charge is -2.28. The van der Waals surface area contributed by atoms with Gasteiger partial charge in [0.25, 0.3) is 5.91 Å². The Morgan fingerprint density at radius 2 is 1.79 bits per heavy atom. The molecule has 0 unspecified atom stereocenters. The van der Waals surface area contributed by atoms with Crippen LogP contribution in [-0.2, 0) is 20.9 Å². The summed E-state index contributed by atoms with van der Waals surface area (Å²) < 4.78 is 24.6. The number of nitrogens with one attached hydrogen (secondary N) is 3. The molecule has 0 aromatic heterocycles. The van der Waals surface area contributed by atoms with E-state index in [0.717, 1.165) is 23.5 Å². The Morgan fingerprint density at radius 3 is 2.58 bits per heavy atom. The number of rotatable bonds is 12. The Hall–Kier alpha value is -4.38. The van der Waals surface area contributed by atoms with E-state index in [9.17, 15) is 14.4 Å². The number of hydrazone groups is 1. The smallest absolute Gasteiger partial charge is 0.338 e. The Bertz CT molecular complexity index is 1920. The molecule has 1 aliphatic rings. The SMILES string of the molecule is CCOC(=O)C1=C(C)NC(=O)N[C@@H]1c1ccc(OCC(=O)N/N=C/c2cc(I)cc(I)c2OCc2cccc3ccccc23)c(OC)c1. The van der Waals surface area contributed by atoms with Gasteiger partial charge < -0.3 is 29.6 Å². The van der Waals surface area contributed by atoms with Gasteiger partial charge in [0.2, 0.25) is 0 Å². The summed E-state index contributed by atoms with van der Waals surface area (Å²) in [6.07, 6.45) is 1.54. The Morgan fingerprint density at radius 1 is 1.00 bits per heavy atom. The van der Waals surface area contributed by atoms with Gasteiger partial charge in [-0.05, 0) is 105 Å². The van der Waals surface area contributed by atoms with E-state index in [1.165, 1.54) is 7.11 Å². The van der Waals surface area contributed by atoms with Gasteiger partial charge in [-0.25, -0.2) is 15.0 Å². The number of hydrogen-bond donors (Lipinski definition) is 3. The monoisotopic (exact) mass is 874 g/mol. The van der Waals surface area contributed by atoms with Crippen LogP contribution in [-0.4, -0.2) is 44.4 Å². The molecule has 4 aromatic rings. The molecular formula is C35H32I2N4O7. The Labute approximate surface area is 304 Å². The van der Waals surface area contributed by atoms with Crippen molar-refractivity contribution in [3.63, 3.8) is 0 Å². The number of amides is 3. The van der Waals surface area contributed by atoms with E-state index in [2.05, 4.69) is 84.5 Å². The maximum Gasteiger partial charge on any atom is 0.338 e. The van der Waals surface area contributed by atoms with Crippen molar-refractivity contribution in [3.8, 4) is 17.2 Å². The summed E-state index contributed by atoms with van der Waals surface area (Å²) >= 11 is 4.46. The first-order valence-corrected chi connectivity index (χ1v) is 17.0. The second-order valence-electron chi connectivity index (χ2n) is 10.5. The standard InChI is InChI=1S/C35H32I2N4O7/c1-4-46-34(43)31-20(2)39-35(44)40-32(31)22-12-13-28(29(15-22)45-3)47-19-30(42)41-38-17-24-14-25(36)16-27(37)33(24)48-18-23-10-7-9-21-8-5-6-11-26(21)23/h5-17,32H,4,18-19H2,1-3H3,(H,41,42)(H2,39,40,44)/b38-17+/t32-/m1/s1. The van der Waals surface area contributed by atoms with E-state index in [-0.39, 0.29) is 24.5 Å². The zero-order valence-electron chi connectivity index (χ0n) is 26.3. The minimum atomic E-state index is -0.775. The van der Waals surface area contributed by atoms with Crippen molar-refractivity contribution in [2.24, 2.45) is 5.10 Å². The lowest BCUT2D eigenvalue weighted by atomic mass is 9.95. The fourth-order valence-electron chi connectivity index (χ4n) is 5.15. The van der Waals surface area contributed by atoms with Crippen LogP contribution in [0.15, 0.2) is 89.2 Å². The number of carbonyl (C=O) groups excluding carboxylic acids is 3. The molecule has 0 saturated carbocycles. The summed E-state index contributed by atoms with van der Waals surface area (Å²) in [6.45, 7) is 3.54. The average Bonchev–Trinajstić information content (AvgIpc) is 3.06. The molecule has 48 heavy (non-hydrogen) atoms.